The highest BCUT2D eigenvalue weighted by Gasteiger charge is 2.43. The summed E-state index contributed by atoms with van der Waals surface area (Å²) < 4.78 is 0. The number of carboxylic acids is 1. The van der Waals surface area contributed by atoms with Gasteiger partial charge < -0.3 is 91.6 Å². The normalized spacial score (nSPS) is 19.5. The third-order valence-electron chi connectivity index (χ3n) is 13.9. The molecule has 79 heavy (non-hydrogen) atoms. The number of unbranched alkanes of at least 4 members (excludes halogenated alkanes) is 1. The lowest BCUT2D eigenvalue weighted by atomic mass is 10.0. The first-order valence-electron chi connectivity index (χ1n) is 26.8. The Morgan fingerprint density at radius 2 is 1.05 bits per heavy atom. The minimum atomic E-state index is -1.71. The topological polar surface area (TPSA) is 488 Å². The number of aliphatic hydroxyl groups excluding tert-OH is 1. The first-order valence-corrected chi connectivity index (χ1v) is 26.8. The molecule has 1 aromatic rings. The number of hydrogen-bond donors (Lipinski definition) is 14. The molecular weight excluding hydrogens is 1030 g/mol. The lowest BCUT2D eigenvalue weighted by Gasteiger charge is -2.32. The highest BCUT2D eigenvalue weighted by atomic mass is 16.4. The number of aliphatic hydroxyl groups is 1. The number of guanidine groups is 2. The number of primary amides is 1. The van der Waals surface area contributed by atoms with Crippen LogP contribution in [0.25, 0.3) is 0 Å². The molecule has 0 aromatic heterocycles. The van der Waals surface area contributed by atoms with Gasteiger partial charge in [-0.05, 0) is 103 Å². The lowest BCUT2D eigenvalue weighted by molar-refractivity contribution is -0.149. The molecule has 10 atom stereocenters. The quantitative estimate of drug-likeness (QED) is 0.0187. The van der Waals surface area contributed by atoms with Crippen LogP contribution >= 0.6 is 0 Å². The van der Waals surface area contributed by atoms with Crippen LogP contribution in [0.5, 0.6) is 0 Å². The molecule has 3 aliphatic heterocycles. The van der Waals surface area contributed by atoms with E-state index < -0.39 is 126 Å². The maximum absolute atomic E-state index is 14.6. The second-order valence-electron chi connectivity index (χ2n) is 20.0. The smallest absolute Gasteiger partial charge is 0.326 e. The summed E-state index contributed by atoms with van der Waals surface area (Å²) in [6.45, 7) is 1.96. The van der Waals surface area contributed by atoms with E-state index in [0.29, 0.717) is 37.7 Å². The van der Waals surface area contributed by atoms with Gasteiger partial charge >= 0.3 is 5.97 Å². The van der Waals surface area contributed by atoms with Crippen LogP contribution in [-0.4, -0.2) is 196 Å². The number of rotatable bonds is 31. The van der Waals surface area contributed by atoms with Gasteiger partial charge in [0.2, 0.25) is 53.2 Å². The summed E-state index contributed by atoms with van der Waals surface area (Å²) >= 11 is 0. The van der Waals surface area contributed by atoms with E-state index in [9.17, 15) is 58.2 Å². The van der Waals surface area contributed by atoms with Crippen LogP contribution in [-0.2, 0) is 54.4 Å². The zero-order valence-electron chi connectivity index (χ0n) is 44.8. The summed E-state index contributed by atoms with van der Waals surface area (Å²) in [5.41, 5.74) is 39.6. The van der Waals surface area contributed by atoms with E-state index in [1.807, 2.05) is 0 Å². The minimum absolute atomic E-state index is 0.00138. The average molecular weight is 1110 g/mol. The van der Waals surface area contributed by atoms with Gasteiger partial charge in [-0.15, -0.1) is 0 Å². The number of nitrogens with zero attached hydrogens (tertiary/aromatic N) is 5. The average Bonchev–Trinajstić information content (AvgIpc) is 4.24. The monoisotopic (exact) mass is 1110 g/mol. The van der Waals surface area contributed by atoms with Gasteiger partial charge in [0.25, 0.3) is 0 Å². The predicted molar refractivity (Wildman–Crippen MR) is 288 cm³/mol. The number of amides is 9. The molecule has 21 N–H and O–H groups in total. The molecule has 1 aromatic carbocycles. The summed E-state index contributed by atoms with van der Waals surface area (Å²) in [4.78, 5) is 148. The first kappa shape index (κ1) is 63.9. The predicted octanol–water partition coefficient (Wildman–Crippen LogP) is -5.47. The number of carbonyl (C=O) groups excluding carboxylic acids is 9. The van der Waals surface area contributed by atoms with E-state index in [4.69, 9.17) is 40.1 Å². The van der Waals surface area contributed by atoms with Crippen molar-refractivity contribution in [3.05, 3.63) is 35.9 Å². The van der Waals surface area contributed by atoms with E-state index in [1.54, 1.807) is 30.3 Å². The molecule has 4 rings (SSSR count). The van der Waals surface area contributed by atoms with Crippen molar-refractivity contribution >= 4 is 71.1 Å². The van der Waals surface area contributed by atoms with E-state index in [0.717, 1.165) is 0 Å². The third-order valence-corrected chi connectivity index (χ3v) is 13.9. The van der Waals surface area contributed by atoms with Gasteiger partial charge in [-0.1, -0.05) is 30.3 Å². The number of aliphatic carboxylic acids is 1. The first-order chi connectivity index (χ1) is 37.5. The van der Waals surface area contributed by atoms with Gasteiger partial charge in [0.15, 0.2) is 11.9 Å². The van der Waals surface area contributed by atoms with E-state index in [2.05, 4.69) is 36.6 Å². The van der Waals surface area contributed by atoms with Gasteiger partial charge in [0.05, 0.1) is 18.6 Å². The van der Waals surface area contributed by atoms with Crippen molar-refractivity contribution in [3.63, 3.8) is 0 Å². The molecule has 438 valence electrons. The van der Waals surface area contributed by atoms with Crippen LogP contribution in [0, 0.1) is 0 Å². The van der Waals surface area contributed by atoms with Crippen LogP contribution in [0.4, 0.5) is 0 Å². The highest BCUT2D eigenvalue weighted by molar-refractivity contribution is 5.99. The Morgan fingerprint density at radius 1 is 0.595 bits per heavy atom. The molecule has 9 amide bonds. The fourth-order valence-corrected chi connectivity index (χ4v) is 9.88. The number of likely N-dealkylation sites (tertiary alicyclic amines) is 3. The molecule has 0 aliphatic carbocycles. The van der Waals surface area contributed by atoms with Crippen molar-refractivity contribution in [1.82, 2.24) is 41.3 Å². The molecule has 0 radical (unpaired) electrons. The molecule has 0 bridgehead atoms. The maximum atomic E-state index is 14.6. The fraction of sp³-hybridized carbons (Fsp3) is 0.640. The summed E-state index contributed by atoms with van der Waals surface area (Å²) in [5.74, 6) is -8.55. The Morgan fingerprint density at radius 3 is 1.56 bits per heavy atom. The summed E-state index contributed by atoms with van der Waals surface area (Å²) in [6, 6.07) is -2.80. The van der Waals surface area contributed by atoms with E-state index >= 15 is 0 Å². The Kier molecular flexibility index (Phi) is 25.6. The number of nitrogens with one attached hydrogen (secondary N) is 5. The van der Waals surface area contributed by atoms with Crippen LogP contribution in [0.3, 0.4) is 0 Å². The van der Waals surface area contributed by atoms with Crippen LogP contribution in [0.1, 0.15) is 102 Å². The largest absolute Gasteiger partial charge is 0.480 e. The van der Waals surface area contributed by atoms with Crippen molar-refractivity contribution in [2.75, 3.05) is 39.3 Å². The molecular formula is C50H81N17O12. The number of nitrogens with two attached hydrogens (primary N) is 7. The zero-order valence-corrected chi connectivity index (χ0v) is 44.8. The number of benzene rings is 1. The maximum Gasteiger partial charge on any atom is 0.326 e. The molecule has 29 heteroatoms. The van der Waals surface area contributed by atoms with Crippen LogP contribution in [0.2, 0.25) is 0 Å². The zero-order chi connectivity index (χ0) is 58.3. The minimum Gasteiger partial charge on any atom is -0.480 e. The van der Waals surface area contributed by atoms with Crippen molar-refractivity contribution in [1.29, 1.82) is 0 Å². The Bertz CT molecular complexity index is 2350. The molecule has 0 spiro atoms. The van der Waals surface area contributed by atoms with E-state index in [1.165, 1.54) is 21.6 Å². The Hall–Kier alpha value is -7.66. The van der Waals surface area contributed by atoms with Gasteiger partial charge in [0.1, 0.15) is 48.3 Å². The third kappa shape index (κ3) is 19.6. The van der Waals surface area contributed by atoms with Crippen LogP contribution < -0.4 is 66.7 Å². The van der Waals surface area contributed by atoms with Gasteiger partial charge in [0, 0.05) is 39.1 Å². The molecule has 3 saturated heterocycles. The van der Waals surface area contributed by atoms with Crippen molar-refractivity contribution < 1.29 is 58.2 Å². The van der Waals surface area contributed by atoms with Crippen molar-refractivity contribution in [3.8, 4) is 0 Å². The highest BCUT2D eigenvalue weighted by Crippen LogP contribution is 2.24. The number of carbonyl (C=O) groups is 10. The fourth-order valence-electron chi connectivity index (χ4n) is 9.88. The molecule has 10 unspecified atom stereocenters. The molecule has 0 saturated carbocycles. The second-order valence-corrected chi connectivity index (χ2v) is 20.0. The van der Waals surface area contributed by atoms with E-state index in [-0.39, 0.29) is 109 Å². The molecule has 3 heterocycles. The number of hydrogen-bond acceptors (Lipinski definition) is 15. The second kappa shape index (κ2) is 31.7. The summed E-state index contributed by atoms with van der Waals surface area (Å²) in [6.07, 6.45) is 0.756. The van der Waals surface area contributed by atoms with Gasteiger partial charge in [-0.2, -0.15) is 0 Å². The summed E-state index contributed by atoms with van der Waals surface area (Å²) in [7, 11) is 0. The van der Waals surface area contributed by atoms with Crippen molar-refractivity contribution in [2.24, 2.45) is 50.1 Å². The standard InChI is InChI=1S/C50H81N17O12/c1-28(68)39(64-43(73)36-18-10-24-66(36)47(77)34(26-29-12-3-2-4-13-29)63-42(72)35-17-9-23-65(35)45(75)30(52)27-38(53)69)44(74)61-32(15-7-21-58-49(54)55)40(70)60-31(14-5-6-20-51)41(71)62-33(16-8-22-59-50(56)57)46(76)67-25-11-19-37(67)48(78)79/h2-4,12-13,28,30-37,39,68H,5-11,14-27,51-52H2,1H3,(H2,53,69)(H,60,70)(H,61,74)(H,62,71)(H,63,72)(H,64,73)(H,78,79)(H4,54,55,58)(H4,56,57,59). The van der Waals surface area contributed by atoms with Crippen molar-refractivity contribution in [2.45, 2.75) is 164 Å². The van der Waals surface area contributed by atoms with Crippen LogP contribution in [0.15, 0.2) is 40.3 Å². The van der Waals surface area contributed by atoms with Gasteiger partial charge in [-0.25, -0.2) is 4.79 Å². The number of carboxylic acid groups (broad SMARTS) is 1. The lowest BCUT2D eigenvalue weighted by Crippen LogP contribution is -2.61. The SMILES string of the molecule is CC(O)C(NC(=O)C1CCCN1C(=O)C(Cc1ccccc1)NC(=O)C1CCCN1C(=O)C(N)CC(N)=O)C(=O)NC(CCCN=C(N)N)C(=O)NC(CCCCN)C(=O)NC(CCCN=C(N)N)C(=O)N1CCCC1C(=O)O. The Balaban J connectivity index is 1.55. The molecule has 3 fully saturated rings. The van der Waals surface area contributed by atoms with Gasteiger partial charge in [-0.3, -0.25) is 53.1 Å². The molecule has 3 aliphatic rings. The summed E-state index contributed by atoms with van der Waals surface area (Å²) in [5, 5.41) is 34.1. The number of aliphatic imine (C=N–C) groups is 2. The molecule has 29 nitrogen and oxygen atoms in total. The Labute approximate surface area is 458 Å².